The highest BCUT2D eigenvalue weighted by Gasteiger charge is 2.34. The molecule has 0 aromatic carbocycles. The zero-order valence-corrected chi connectivity index (χ0v) is 8.00. The van der Waals surface area contributed by atoms with Crippen molar-refractivity contribution in [1.29, 1.82) is 0 Å². The summed E-state index contributed by atoms with van der Waals surface area (Å²) in [6.07, 6.45) is 5.59. The van der Waals surface area contributed by atoms with Crippen LogP contribution in [-0.2, 0) is 4.74 Å². The fourth-order valence-electron chi connectivity index (χ4n) is 0.807. The van der Waals surface area contributed by atoms with Crippen molar-refractivity contribution >= 4 is 0 Å². The zero-order chi connectivity index (χ0) is 10.2. The molecule has 1 heterocycles. The van der Waals surface area contributed by atoms with Gasteiger partial charge in [0.25, 0.3) is 0 Å². The van der Waals surface area contributed by atoms with E-state index in [4.69, 9.17) is 4.74 Å². The van der Waals surface area contributed by atoms with Gasteiger partial charge in [-0.2, -0.15) is 0 Å². The van der Waals surface area contributed by atoms with E-state index in [0.717, 1.165) is 0 Å². The Kier molecular flexibility index (Phi) is 4.16. The van der Waals surface area contributed by atoms with E-state index in [2.05, 4.69) is 42.1 Å². The van der Waals surface area contributed by atoms with Crippen molar-refractivity contribution in [2.75, 3.05) is 0 Å². The molecule has 1 aliphatic rings. The van der Waals surface area contributed by atoms with Gasteiger partial charge in [0.2, 0.25) is 0 Å². The maximum Gasteiger partial charge on any atom is 0.149 e. The summed E-state index contributed by atoms with van der Waals surface area (Å²) >= 11 is 0. The van der Waals surface area contributed by atoms with Crippen molar-refractivity contribution in [2.24, 2.45) is 0 Å². The van der Waals surface area contributed by atoms with E-state index in [-0.39, 0.29) is 12.2 Å². The minimum atomic E-state index is -0.00455. The summed E-state index contributed by atoms with van der Waals surface area (Å²) in [5.41, 5.74) is 0. The standard InChI is InChI=1S/C13H10O/c1-3-5-7-8-9-11-13-12(14-13)10-6-4-2/h4,6,10,12-13H,2H2,1H3/t12-,13+/m1/s1. The zero-order valence-electron chi connectivity index (χ0n) is 8.00. The molecule has 68 valence electrons. The molecule has 0 aromatic heterocycles. The van der Waals surface area contributed by atoms with Crippen LogP contribution in [0.1, 0.15) is 6.92 Å². The average Bonchev–Trinajstić information content (AvgIpc) is 2.93. The molecule has 0 amide bonds. The molecule has 1 fully saturated rings. The highest BCUT2D eigenvalue weighted by Crippen LogP contribution is 2.21. The van der Waals surface area contributed by atoms with Crippen LogP contribution in [0.2, 0.25) is 0 Å². The molecule has 0 spiro atoms. The van der Waals surface area contributed by atoms with E-state index in [1.807, 2.05) is 12.2 Å². The minimum absolute atomic E-state index is 0.00455. The Morgan fingerprint density at radius 3 is 2.71 bits per heavy atom. The Labute approximate surface area is 84.8 Å². The molecule has 0 aliphatic carbocycles. The van der Waals surface area contributed by atoms with Crippen molar-refractivity contribution in [1.82, 2.24) is 0 Å². The van der Waals surface area contributed by atoms with Gasteiger partial charge in [-0.3, -0.25) is 0 Å². The summed E-state index contributed by atoms with van der Waals surface area (Å²) in [4.78, 5) is 0. The molecule has 1 saturated heterocycles. The lowest BCUT2D eigenvalue weighted by molar-refractivity contribution is 0.417. The molecule has 0 bridgehead atoms. The van der Waals surface area contributed by atoms with Gasteiger partial charge in [0.1, 0.15) is 12.2 Å². The van der Waals surface area contributed by atoms with Gasteiger partial charge in [0.05, 0.1) is 0 Å². The Morgan fingerprint density at radius 1 is 1.21 bits per heavy atom. The summed E-state index contributed by atoms with van der Waals surface area (Å²) < 4.78 is 5.21. The summed E-state index contributed by atoms with van der Waals surface area (Å²) in [5, 5.41) is 0. The van der Waals surface area contributed by atoms with E-state index < -0.39 is 0 Å². The smallest absolute Gasteiger partial charge is 0.149 e. The molecule has 0 saturated carbocycles. The molecule has 1 rings (SSSR count). The first kappa shape index (κ1) is 10.2. The van der Waals surface area contributed by atoms with E-state index in [9.17, 15) is 0 Å². The van der Waals surface area contributed by atoms with Gasteiger partial charge in [-0.05, 0) is 30.6 Å². The highest BCUT2D eigenvalue weighted by molar-refractivity contribution is 5.37. The summed E-state index contributed by atoms with van der Waals surface area (Å²) in [7, 11) is 0. The number of ether oxygens (including phenoxy) is 1. The van der Waals surface area contributed by atoms with E-state index in [1.54, 1.807) is 13.0 Å². The lowest BCUT2D eigenvalue weighted by Gasteiger charge is -1.71. The van der Waals surface area contributed by atoms with Gasteiger partial charge in [-0.1, -0.05) is 36.6 Å². The highest BCUT2D eigenvalue weighted by atomic mass is 16.6. The van der Waals surface area contributed by atoms with Crippen LogP contribution in [0.5, 0.6) is 0 Å². The van der Waals surface area contributed by atoms with Crippen LogP contribution in [0.25, 0.3) is 0 Å². The van der Waals surface area contributed by atoms with Crippen molar-refractivity contribution in [3.63, 3.8) is 0 Å². The maximum absolute atomic E-state index is 5.21. The molecule has 2 atom stereocenters. The predicted molar refractivity (Wildman–Crippen MR) is 57.0 cm³/mol. The largest absolute Gasteiger partial charge is 0.351 e. The van der Waals surface area contributed by atoms with Crippen molar-refractivity contribution in [2.45, 2.75) is 19.1 Å². The van der Waals surface area contributed by atoms with Gasteiger partial charge in [-0.25, -0.2) is 0 Å². The SMILES string of the molecule is C=CC=C[C@H]1O[C@H]1C#CC#CC#CC. The average molecular weight is 182 g/mol. The second-order valence-corrected chi connectivity index (χ2v) is 2.54. The van der Waals surface area contributed by atoms with E-state index in [0.29, 0.717) is 0 Å². The first-order chi connectivity index (χ1) is 6.88. The third-order valence-corrected chi connectivity index (χ3v) is 1.49. The topological polar surface area (TPSA) is 12.5 Å². The number of allylic oxidation sites excluding steroid dienone is 2. The van der Waals surface area contributed by atoms with Gasteiger partial charge in [0.15, 0.2) is 0 Å². The number of hydrogen-bond donors (Lipinski definition) is 0. The lowest BCUT2D eigenvalue weighted by atomic mass is 10.3. The molecular formula is C13H10O. The molecule has 14 heavy (non-hydrogen) atoms. The predicted octanol–water partition coefficient (Wildman–Crippen LogP) is 1.53. The van der Waals surface area contributed by atoms with Crippen molar-refractivity contribution in [3.05, 3.63) is 24.8 Å². The van der Waals surface area contributed by atoms with Crippen LogP contribution in [0.15, 0.2) is 24.8 Å². The third-order valence-electron chi connectivity index (χ3n) is 1.49. The fraction of sp³-hybridized carbons (Fsp3) is 0.231. The van der Waals surface area contributed by atoms with Crippen LogP contribution in [0, 0.1) is 35.5 Å². The summed E-state index contributed by atoms with van der Waals surface area (Å²) in [6, 6.07) is 0. The molecular weight excluding hydrogens is 172 g/mol. The number of epoxide rings is 1. The molecule has 0 radical (unpaired) electrons. The first-order valence-electron chi connectivity index (χ1n) is 4.25. The van der Waals surface area contributed by atoms with E-state index in [1.165, 1.54) is 0 Å². The normalized spacial score (nSPS) is 22.1. The van der Waals surface area contributed by atoms with Gasteiger partial charge < -0.3 is 4.74 Å². The molecule has 0 N–H and O–H groups in total. The molecule has 1 aliphatic heterocycles. The monoisotopic (exact) mass is 182 g/mol. The van der Waals surface area contributed by atoms with E-state index >= 15 is 0 Å². The Hall–Kier alpha value is -1.88. The second kappa shape index (κ2) is 5.71. The second-order valence-electron chi connectivity index (χ2n) is 2.54. The maximum atomic E-state index is 5.21. The van der Waals surface area contributed by atoms with Crippen LogP contribution in [0.4, 0.5) is 0 Å². The number of rotatable bonds is 2. The molecule has 0 unspecified atom stereocenters. The van der Waals surface area contributed by atoms with Crippen molar-refractivity contribution < 1.29 is 4.74 Å². The van der Waals surface area contributed by atoms with Crippen LogP contribution < -0.4 is 0 Å². The van der Waals surface area contributed by atoms with Crippen LogP contribution in [0.3, 0.4) is 0 Å². The Morgan fingerprint density at radius 2 is 2.00 bits per heavy atom. The molecule has 1 heteroatoms. The number of hydrogen-bond acceptors (Lipinski definition) is 1. The van der Waals surface area contributed by atoms with Gasteiger partial charge in [-0.15, -0.1) is 0 Å². The Balaban J connectivity index is 2.34. The summed E-state index contributed by atoms with van der Waals surface area (Å²) in [5.74, 6) is 16.1. The van der Waals surface area contributed by atoms with Gasteiger partial charge in [0, 0.05) is 0 Å². The summed E-state index contributed by atoms with van der Waals surface area (Å²) in [6.45, 7) is 5.30. The fourth-order valence-corrected chi connectivity index (χ4v) is 0.807. The Bertz CT molecular complexity index is 409. The third kappa shape index (κ3) is 3.68. The van der Waals surface area contributed by atoms with Crippen LogP contribution >= 0.6 is 0 Å². The quantitative estimate of drug-likeness (QED) is 0.358. The first-order valence-corrected chi connectivity index (χ1v) is 4.25. The minimum Gasteiger partial charge on any atom is -0.351 e. The van der Waals surface area contributed by atoms with Crippen molar-refractivity contribution in [3.8, 4) is 35.5 Å². The van der Waals surface area contributed by atoms with Crippen LogP contribution in [-0.4, -0.2) is 12.2 Å². The molecule has 1 nitrogen and oxygen atoms in total. The van der Waals surface area contributed by atoms with Gasteiger partial charge >= 0.3 is 0 Å². The lowest BCUT2D eigenvalue weighted by Crippen LogP contribution is -1.83. The molecule has 0 aromatic rings.